The zero-order valence-electron chi connectivity index (χ0n) is 20.8. The van der Waals surface area contributed by atoms with Crippen molar-refractivity contribution in [1.29, 1.82) is 0 Å². The van der Waals surface area contributed by atoms with Gasteiger partial charge in [-0.05, 0) is 83.4 Å². The Balaban J connectivity index is 0.000000653. The number of rotatable bonds is 3. The van der Waals surface area contributed by atoms with E-state index in [1.54, 1.807) is 5.56 Å². The summed E-state index contributed by atoms with van der Waals surface area (Å²) in [6, 6.07) is 18.7. The molecule has 0 bridgehead atoms. The summed E-state index contributed by atoms with van der Waals surface area (Å²) in [5.74, 6) is 4.18. The van der Waals surface area contributed by atoms with Crippen LogP contribution in [0.25, 0.3) is 11.1 Å². The Morgan fingerprint density at radius 1 is 0.686 bits per heavy atom. The average molecular weight is 583 g/mol. The molecule has 4 aliphatic rings. The third-order valence-corrected chi connectivity index (χ3v) is 8.09. The molecule has 0 saturated heterocycles. The van der Waals surface area contributed by atoms with E-state index in [0.29, 0.717) is 17.8 Å². The van der Waals surface area contributed by atoms with E-state index in [2.05, 4.69) is 97.1 Å². The van der Waals surface area contributed by atoms with E-state index in [-0.39, 0.29) is 14.9 Å². The Hall–Kier alpha value is -1.14. The molecular weight excluding hydrogens is 546 g/mol. The van der Waals surface area contributed by atoms with Crippen LogP contribution in [0.4, 0.5) is 0 Å². The van der Waals surface area contributed by atoms with Crippen LogP contribution in [-0.4, -0.2) is 0 Å². The standard InChI is InChI=1S/C30H30.2CH3.2ClH.Zr/c1-2-10-23-19-26(18-22(23)9-1)29-15-6-5-14-28(29)24-11-7-12-25(20-24)30-17-16-21-8-3-4-13-27(21)30;;;;;/h1-15,20-23,26-27,30H,16-19H2;2*1H3;2*1H;/q;2*-1;;;+4/p-2. The van der Waals surface area contributed by atoms with E-state index < -0.39 is 20.8 Å². The van der Waals surface area contributed by atoms with Crippen molar-refractivity contribution in [2.24, 2.45) is 23.7 Å². The molecule has 5 unspecified atom stereocenters. The van der Waals surface area contributed by atoms with Crippen LogP contribution >= 0.6 is 17.0 Å². The van der Waals surface area contributed by atoms with Gasteiger partial charge in [-0.15, -0.1) is 0 Å². The molecule has 2 aromatic rings. The Morgan fingerprint density at radius 3 is 2.03 bits per heavy atom. The van der Waals surface area contributed by atoms with E-state index in [0.717, 1.165) is 17.8 Å². The van der Waals surface area contributed by atoms with Crippen molar-refractivity contribution in [3.63, 3.8) is 0 Å². The summed E-state index contributed by atoms with van der Waals surface area (Å²) in [7, 11) is 9.87. The Labute approximate surface area is 231 Å². The average Bonchev–Trinajstić information content (AvgIpc) is 3.49. The Morgan fingerprint density at radius 2 is 1.31 bits per heavy atom. The zero-order valence-corrected chi connectivity index (χ0v) is 24.8. The fourth-order valence-corrected chi connectivity index (χ4v) is 6.61. The van der Waals surface area contributed by atoms with Crippen molar-refractivity contribution in [2.45, 2.75) is 37.5 Å². The van der Waals surface area contributed by atoms with E-state index in [4.69, 9.17) is 17.0 Å². The van der Waals surface area contributed by atoms with Crippen LogP contribution in [0.15, 0.2) is 97.1 Å². The number of fused-ring (bicyclic) bond motifs is 2. The molecule has 182 valence electrons. The van der Waals surface area contributed by atoms with Gasteiger partial charge < -0.3 is 14.9 Å². The summed E-state index contributed by atoms with van der Waals surface area (Å²) < 4.78 is 0. The molecule has 3 heteroatoms. The van der Waals surface area contributed by atoms with Crippen molar-refractivity contribution < 1.29 is 20.8 Å². The van der Waals surface area contributed by atoms with Gasteiger partial charge in [-0.25, -0.2) is 0 Å². The fourth-order valence-electron chi connectivity index (χ4n) is 6.61. The predicted molar refractivity (Wildman–Crippen MR) is 151 cm³/mol. The number of halogens is 2. The molecule has 0 nitrogen and oxygen atoms in total. The molecule has 6 rings (SSSR count). The van der Waals surface area contributed by atoms with Crippen molar-refractivity contribution in [3.05, 3.63) is 123 Å². The van der Waals surface area contributed by atoms with E-state index >= 15 is 0 Å². The molecule has 2 saturated carbocycles. The van der Waals surface area contributed by atoms with Gasteiger partial charge >= 0.3 is 37.9 Å². The van der Waals surface area contributed by atoms with Crippen molar-refractivity contribution in [1.82, 2.24) is 0 Å². The minimum atomic E-state index is -0.826. The SMILES string of the molecule is C1=CC2CC(c3ccccc3-c3cccc(C4CCC5C=CC=CC54)c3)CC2C=C1.[CH3-].[CH3-].[Cl][Zr+2][Cl]. The van der Waals surface area contributed by atoms with Crippen LogP contribution in [0.1, 0.15) is 48.6 Å². The van der Waals surface area contributed by atoms with Crippen molar-refractivity contribution in [3.8, 4) is 11.1 Å². The first-order valence-electron chi connectivity index (χ1n) is 12.1. The molecule has 0 N–H and O–H groups in total. The van der Waals surface area contributed by atoms with Crippen LogP contribution in [-0.2, 0) is 20.8 Å². The summed E-state index contributed by atoms with van der Waals surface area (Å²) in [4.78, 5) is 0. The number of benzene rings is 2. The molecule has 5 atom stereocenters. The van der Waals surface area contributed by atoms with Gasteiger partial charge in [0, 0.05) is 0 Å². The second-order valence-electron chi connectivity index (χ2n) is 9.74. The monoisotopic (exact) mass is 580 g/mol. The fraction of sp³-hybridized carbons (Fsp3) is 0.312. The quantitative estimate of drug-likeness (QED) is 0.316. The second-order valence-corrected chi connectivity index (χ2v) is 13.5. The summed E-state index contributed by atoms with van der Waals surface area (Å²) in [6.45, 7) is 0. The third kappa shape index (κ3) is 6.23. The molecule has 2 aromatic carbocycles. The molecule has 0 aromatic heterocycles. The minimum absolute atomic E-state index is 0. The summed E-state index contributed by atoms with van der Waals surface area (Å²) in [6.07, 6.45) is 23.9. The zero-order chi connectivity index (χ0) is 22.6. The van der Waals surface area contributed by atoms with E-state index in [9.17, 15) is 0 Å². The first-order valence-corrected chi connectivity index (χ1v) is 18.5. The predicted octanol–water partition coefficient (Wildman–Crippen LogP) is 10.1. The van der Waals surface area contributed by atoms with Gasteiger partial charge in [-0.3, -0.25) is 0 Å². The molecule has 2 fully saturated rings. The number of allylic oxidation sites excluding steroid dienone is 8. The van der Waals surface area contributed by atoms with E-state index in [1.807, 2.05) is 0 Å². The molecule has 0 aliphatic heterocycles. The van der Waals surface area contributed by atoms with Gasteiger partial charge in [-0.1, -0.05) is 97.1 Å². The topological polar surface area (TPSA) is 0 Å². The van der Waals surface area contributed by atoms with Gasteiger partial charge in [0.1, 0.15) is 0 Å². The molecular formula is C32H36Cl2Zr. The van der Waals surface area contributed by atoms with Crippen molar-refractivity contribution in [2.75, 3.05) is 0 Å². The Kier molecular flexibility index (Phi) is 10.9. The molecule has 0 spiro atoms. The maximum absolute atomic E-state index is 4.93. The van der Waals surface area contributed by atoms with Gasteiger partial charge in [0.25, 0.3) is 0 Å². The van der Waals surface area contributed by atoms with Crippen LogP contribution in [0.3, 0.4) is 0 Å². The van der Waals surface area contributed by atoms with Crippen LogP contribution in [0, 0.1) is 38.5 Å². The van der Waals surface area contributed by atoms with Gasteiger partial charge in [-0.2, -0.15) is 0 Å². The summed E-state index contributed by atoms with van der Waals surface area (Å²) >= 11 is -0.826. The molecule has 35 heavy (non-hydrogen) atoms. The van der Waals surface area contributed by atoms with Gasteiger partial charge in [0.15, 0.2) is 0 Å². The molecule has 4 aliphatic carbocycles. The van der Waals surface area contributed by atoms with Crippen LogP contribution in [0.2, 0.25) is 0 Å². The summed E-state index contributed by atoms with van der Waals surface area (Å²) in [5.41, 5.74) is 5.93. The second kappa shape index (κ2) is 13.4. The third-order valence-electron chi connectivity index (χ3n) is 8.09. The molecule has 0 radical (unpaired) electrons. The maximum atomic E-state index is 4.93. The van der Waals surface area contributed by atoms with Crippen LogP contribution < -0.4 is 0 Å². The van der Waals surface area contributed by atoms with Gasteiger partial charge in [0.05, 0.1) is 0 Å². The van der Waals surface area contributed by atoms with E-state index in [1.165, 1.54) is 42.4 Å². The molecule has 0 amide bonds. The number of hydrogen-bond donors (Lipinski definition) is 0. The van der Waals surface area contributed by atoms with Crippen molar-refractivity contribution >= 4 is 17.0 Å². The molecule has 0 heterocycles. The normalized spacial score (nSPS) is 29.1. The summed E-state index contributed by atoms with van der Waals surface area (Å²) in [5, 5.41) is 0. The first-order chi connectivity index (χ1) is 16.3. The number of hydrogen-bond acceptors (Lipinski definition) is 0. The van der Waals surface area contributed by atoms with Gasteiger partial charge in [0.2, 0.25) is 0 Å². The first kappa shape index (κ1) is 28.4. The Bertz CT molecular complexity index is 1060. The van der Waals surface area contributed by atoms with Crippen LogP contribution in [0.5, 0.6) is 0 Å².